The fraction of sp³-hybridized carbons (Fsp3) is 0.133. The van der Waals surface area contributed by atoms with Gasteiger partial charge >= 0.3 is 0 Å². The van der Waals surface area contributed by atoms with Gasteiger partial charge in [-0.3, -0.25) is 0 Å². The van der Waals surface area contributed by atoms with Gasteiger partial charge in [0.25, 0.3) is 0 Å². The summed E-state index contributed by atoms with van der Waals surface area (Å²) in [5.41, 5.74) is 3.10. The Morgan fingerprint density at radius 3 is 2.47 bits per heavy atom. The average molecular weight is 239 g/mol. The van der Waals surface area contributed by atoms with Crippen LogP contribution in [0.3, 0.4) is 0 Å². The second kappa shape index (κ2) is 5.07. The summed E-state index contributed by atoms with van der Waals surface area (Å²) in [6.07, 6.45) is 0. The summed E-state index contributed by atoms with van der Waals surface area (Å²) >= 11 is 1.64. The van der Waals surface area contributed by atoms with Gasteiger partial charge in [0.2, 0.25) is 0 Å². The molecule has 0 aliphatic heterocycles. The second-order valence-corrected chi connectivity index (χ2v) is 5.15. The lowest BCUT2D eigenvalue weighted by atomic mass is 10.2. The highest BCUT2D eigenvalue weighted by atomic mass is 32.2. The van der Waals surface area contributed by atoms with E-state index in [1.54, 1.807) is 11.8 Å². The number of hydrogen-bond acceptors (Lipinski definition) is 2. The maximum atomic E-state index is 9.11. The average Bonchev–Trinajstić information content (AvgIpc) is 2.31. The SMILES string of the molecule is Cc1cccc(Sc2ccc(C)cc2C#N)c1. The van der Waals surface area contributed by atoms with Crippen LogP contribution in [0.15, 0.2) is 52.3 Å². The number of nitrogens with zero attached hydrogens (tertiary/aromatic N) is 1. The van der Waals surface area contributed by atoms with E-state index in [-0.39, 0.29) is 0 Å². The molecule has 0 aliphatic carbocycles. The van der Waals surface area contributed by atoms with Crippen LogP contribution in [0, 0.1) is 25.2 Å². The highest BCUT2D eigenvalue weighted by Crippen LogP contribution is 2.31. The Morgan fingerprint density at radius 2 is 1.76 bits per heavy atom. The molecule has 0 aliphatic rings. The minimum Gasteiger partial charge on any atom is -0.192 e. The van der Waals surface area contributed by atoms with Crippen molar-refractivity contribution in [2.75, 3.05) is 0 Å². The Hall–Kier alpha value is -1.72. The van der Waals surface area contributed by atoms with Gasteiger partial charge in [0, 0.05) is 9.79 Å². The molecule has 0 radical (unpaired) electrons. The molecule has 1 nitrogen and oxygen atoms in total. The quantitative estimate of drug-likeness (QED) is 0.779. The second-order valence-electron chi connectivity index (χ2n) is 4.03. The molecule has 0 spiro atoms. The molecule has 0 saturated heterocycles. The highest BCUT2D eigenvalue weighted by molar-refractivity contribution is 7.99. The molecule has 0 atom stereocenters. The zero-order valence-electron chi connectivity index (χ0n) is 9.90. The normalized spacial score (nSPS) is 9.94. The van der Waals surface area contributed by atoms with Crippen molar-refractivity contribution < 1.29 is 0 Å². The Morgan fingerprint density at radius 1 is 1.00 bits per heavy atom. The van der Waals surface area contributed by atoms with Gasteiger partial charge in [0.05, 0.1) is 5.56 Å². The Bertz CT molecular complexity index is 582. The third-order valence-electron chi connectivity index (χ3n) is 2.47. The van der Waals surface area contributed by atoms with Crippen LogP contribution in [0.2, 0.25) is 0 Å². The first-order valence-electron chi connectivity index (χ1n) is 5.44. The molecule has 2 heteroatoms. The van der Waals surface area contributed by atoms with Gasteiger partial charge in [0.1, 0.15) is 6.07 Å². The van der Waals surface area contributed by atoms with E-state index >= 15 is 0 Å². The molecular weight excluding hydrogens is 226 g/mol. The molecule has 0 amide bonds. The lowest BCUT2D eigenvalue weighted by Crippen LogP contribution is -1.83. The summed E-state index contributed by atoms with van der Waals surface area (Å²) in [5.74, 6) is 0. The van der Waals surface area contributed by atoms with Crippen molar-refractivity contribution >= 4 is 11.8 Å². The molecule has 0 unspecified atom stereocenters. The van der Waals surface area contributed by atoms with Crippen molar-refractivity contribution in [2.24, 2.45) is 0 Å². The lowest BCUT2D eigenvalue weighted by molar-refractivity contribution is 1.30. The van der Waals surface area contributed by atoms with Crippen LogP contribution in [0.4, 0.5) is 0 Å². The van der Waals surface area contributed by atoms with Gasteiger partial charge in [0.15, 0.2) is 0 Å². The van der Waals surface area contributed by atoms with Crippen LogP contribution >= 0.6 is 11.8 Å². The van der Waals surface area contributed by atoms with Crippen molar-refractivity contribution in [3.63, 3.8) is 0 Å². The number of nitriles is 1. The number of rotatable bonds is 2. The third kappa shape index (κ3) is 2.89. The van der Waals surface area contributed by atoms with E-state index < -0.39 is 0 Å². The minimum absolute atomic E-state index is 0.747. The van der Waals surface area contributed by atoms with Crippen molar-refractivity contribution in [2.45, 2.75) is 23.6 Å². The molecule has 2 aromatic carbocycles. The Balaban J connectivity index is 2.34. The fourth-order valence-electron chi connectivity index (χ4n) is 1.63. The molecule has 84 valence electrons. The van der Waals surface area contributed by atoms with E-state index in [1.807, 2.05) is 31.2 Å². The Labute approximate surface area is 106 Å². The summed E-state index contributed by atoms with van der Waals surface area (Å²) in [6, 6.07) is 16.5. The molecule has 0 aromatic heterocycles. The van der Waals surface area contributed by atoms with Crippen LogP contribution in [0.25, 0.3) is 0 Å². The van der Waals surface area contributed by atoms with Gasteiger partial charge in [-0.25, -0.2) is 0 Å². The molecule has 0 saturated carbocycles. The maximum absolute atomic E-state index is 9.11. The number of benzene rings is 2. The van der Waals surface area contributed by atoms with Crippen molar-refractivity contribution in [1.82, 2.24) is 0 Å². The van der Waals surface area contributed by atoms with E-state index in [2.05, 4.69) is 31.2 Å². The molecule has 0 bridgehead atoms. The number of hydrogen-bond donors (Lipinski definition) is 0. The van der Waals surface area contributed by atoms with E-state index in [9.17, 15) is 0 Å². The van der Waals surface area contributed by atoms with Crippen LogP contribution in [-0.4, -0.2) is 0 Å². The summed E-state index contributed by atoms with van der Waals surface area (Å²) in [7, 11) is 0. The van der Waals surface area contributed by atoms with Gasteiger partial charge in [-0.2, -0.15) is 5.26 Å². The molecule has 0 N–H and O–H groups in total. The zero-order valence-corrected chi connectivity index (χ0v) is 10.7. The summed E-state index contributed by atoms with van der Waals surface area (Å²) in [6.45, 7) is 4.08. The van der Waals surface area contributed by atoms with E-state index in [4.69, 9.17) is 5.26 Å². The van der Waals surface area contributed by atoms with Gasteiger partial charge in [-0.1, -0.05) is 35.5 Å². The summed E-state index contributed by atoms with van der Waals surface area (Å²) in [5, 5.41) is 9.11. The van der Waals surface area contributed by atoms with E-state index in [0.717, 1.165) is 16.0 Å². The monoisotopic (exact) mass is 239 g/mol. The van der Waals surface area contributed by atoms with Gasteiger partial charge in [-0.05, 0) is 43.7 Å². The molecule has 2 aromatic rings. The van der Waals surface area contributed by atoms with Crippen molar-refractivity contribution in [3.05, 3.63) is 59.2 Å². The predicted octanol–water partition coefficient (Wildman–Crippen LogP) is 4.33. The molecular formula is C15H13NS. The molecule has 0 heterocycles. The van der Waals surface area contributed by atoms with E-state index in [1.165, 1.54) is 10.5 Å². The highest BCUT2D eigenvalue weighted by Gasteiger charge is 2.04. The fourth-order valence-corrected chi connectivity index (χ4v) is 2.62. The molecule has 0 fully saturated rings. The minimum atomic E-state index is 0.747. The number of aryl methyl sites for hydroxylation is 2. The first kappa shape index (κ1) is 11.8. The van der Waals surface area contributed by atoms with Crippen LogP contribution in [0.1, 0.15) is 16.7 Å². The van der Waals surface area contributed by atoms with Crippen LogP contribution in [-0.2, 0) is 0 Å². The van der Waals surface area contributed by atoms with Gasteiger partial charge in [-0.15, -0.1) is 0 Å². The third-order valence-corrected chi connectivity index (χ3v) is 3.54. The maximum Gasteiger partial charge on any atom is 0.100 e. The molecule has 17 heavy (non-hydrogen) atoms. The lowest BCUT2D eigenvalue weighted by Gasteiger charge is -2.05. The smallest absolute Gasteiger partial charge is 0.100 e. The largest absolute Gasteiger partial charge is 0.192 e. The molecule has 2 rings (SSSR count). The first-order chi connectivity index (χ1) is 8.19. The summed E-state index contributed by atoms with van der Waals surface area (Å²) < 4.78 is 0. The predicted molar refractivity (Wildman–Crippen MR) is 71.2 cm³/mol. The van der Waals surface area contributed by atoms with Crippen LogP contribution in [0.5, 0.6) is 0 Å². The van der Waals surface area contributed by atoms with Crippen molar-refractivity contribution in [1.29, 1.82) is 5.26 Å². The zero-order chi connectivity index (χ0) is 12.3. The topological polar surface area (TPSA) is 23.8 Å². The van der Waals surface area contributed by atoms with Gasteiger partial charge < -0.3 is 0 Å². The summed E-state index contributed by atoms with van der Waals surface area (Å²) in [4.78, 5) is 2.19. The first-order valence-corrected chi connectivity index (χ1v) is 6.26. The van der Waals surface area contributed by atoms with E-state index in [0.29, 0.717) is 0 Å². The van der Waals surface area contributed by atoms with Crippen molar-refractivity contribution in [3.8, 4) is 6.07 Å². The Kier molecular flexibility index (Phi) is 3.51. The van der Waals surface area contributed by atoms with Crippen LogP contribution < -0.4 is 0 Å². The standard InChI is InChI=1S/C15H13NS/c1-11-4-3-5-14(9-11)17-15-7-6-12(2)8-13(15)10-16/h3-9H,1-2H3.